The SMILES string of the molecule is CCCCCC.[O-][Cl+3]([O-])([O-])O. The van der Waals surface area contributed by atoms with Gasteiger partial charge in [0.05, 0.1) is 14.9 Å². The van der Waals surface area contributed by atoms with Crippen molar-refractivity contribution in [1.29, 1.82) is 0 Å². The van der Waals surface area contributed by atoms with Crippen molar-refractivity contribution in [1.82, 2.24) is 0 Å². The molecule has 0 aromatic rings. The Labute approximate surface area is 69.2 Å². The van der Waals surface area contributed by atoms with E-state index >= 15 is 0 Å². The van der Waals surface area contributed by atoms with E-state index in [9.17, 15) is 0 Å². The summed E-state index contributed by atoms with van der Waals surface area (Å²) in [5.41, 5.74) is 0. The smallest absolute Gasteiger partial charge is 0.0777 e. The summed E-state index contributed by atoms with van der Waals surface area (Å²) in [5, 5.41) is 0. The Morgan fingerprint density at radius 2 is 1.18 bits per heavy atom. The molecule has 0 aromatic carbocycles. The lowest BCUT2D eigenvalue weighted by Crippen LogP contribution is -2.58. The van der Waals surface area contributed by atoms with Gasteiger partial charge in [0.15, 0.2) is 0 Å². The molecule has 0 rings (SSSR count). The minimum absolute atomic E-state index is 1.36. The van der Waals surface area contributed by atoms with Crippen LogP contribution in [-0.2, 0) is 0 Å². The molecule has 4 nitrogen and oxygen atoms in total. The molecule has 0 aliphatic carbocycles. The molecule has 5 heteroatoms. The van der Waals surface area contributed by atoms with E-state index in [0.717, 1.165) is 0 Å². The van der Waals surface area contributed by atoms with E-state index in [4.69, 9.17) is 18.6 Å². The maximum absolute atomic E-state index is 8.60. The summed E-state index contributed by atoms with van der Waals surface area (Å²) in [7, 11) is -4.69. The summed E-state index contributed by atoms with van der Waals surface area (Å²) >= 11 is 0. The zero-order valence-electron chi connectivity index (χ0n) is 6.88. The first-order valence-electron chi connectivity index (χ1n) is 3.55. The van der Waals surface area contributed by atoms with Crippen molar-refractivity contribution in [2.24, 2.45) is 0 Å². The van der Waals surface area contributed by atoms with E-state index in [1.807, 2.05) is 0 Å². The molecular weight excluding hydrogens is 172 g/mol. The number of hydrogen-bond donors (Lipinski definition) is 1. The highest BCUT2D eigenvalue weighted by atomic mass is 35.7. The van der Waals surface area contributed by atoms with Crippen molar-refractivity contribution in [3.05, 3.63) is 0 Å². The summed E-state index contributed by atoms with van der Waals surface area (Å²) in [6.45, 7) is 4.46. The molecule has 0 saturated heterocycles. The minimum atomic E-state index is -4.69. The summed E-state index contributed by atoms with van der Waals surface area (Å²) in [5.74, 6) is 0. The van der Waals surface area contributed by atoms with Crippen LogP contribution in [0.1, 0.15) is 39.5 Å². The molecule has 0 radical (unpaired) electrons. The van der Waals surface area contributed by atoms with Crippen molar-refractivity contribution in [2.45, 2.75) is 39.5 Å². The molecule has 0 fully saturated rings. The lowest BCUT2D eigenvalue weighted by molar-refractivity contribution is -1.92. The second-order valence-corrected chi connectivity index (χ2v) is 2.90. The lowest BCUT2D eigenvalue weighted by Gasteiger charge is -2.03. The molecule has 11 heavy (non-hydrogen) atoms. The molecular formula is C6H15ClO4. The van der Waals surface area contributed by atoms with E-state index in [0.29, 0.717) is 0 Å². The molecule has 0 unspecified atom stereocenters. The third-order valence-electron chi connectivity index (χ3n) is 0.957. The van der Waals surface area contributed by atoms with Crippen LogP contribution < -0.4 is 14.0 Å². The Morgan fingerprint density at radius 3 is 1.27 bits per heavy atom. The number of rotatable bonds is 3. The Hall–Kier alpha value is 0.130. The average Bonchev–Trinajstić information content (AvgIpc) is 1.79. The molecule has 0 aliphatic rings. The van der Waals surface area contributed by atoms with Crippen LogP contribution in [0.4, 0.5) is 0 Å². The fourth-order valence-corrected chi connectivity index (χ4v) is 0.500. The molecule has 70 valence electrons. The Morgan fingerprint density at radius 1 is 1.00 bits per heavy atom. The molecule has 0 amide bonds. The number of unbranched alkanes of at least 4 members (excludes halogenated alkanes) is 3. The second kappa shape index (κ2) is 8.23. The van der Waals surface area contributed by atoms with Gasteiger partial charge < -0.3 is 0 Å². The third kappa shape index (κ3) is 68.3. The van der Waals surface area contributed by atoms with Gasteiger partial charge in [0.1, 0.15) is 0 Å². The van der Waals surface area contributed by atoms with Crippen LogP contribution in [0.3, 0.4) is 0 Å². The van der Waals surface area contributed by atoms with E-state index < -0.39 is 10.2 Å². The summed E-state index contributed by atoms with van der Waals surface area (Å²) in [6.07, 6.45) is 5.54. The molecule has 0 atom stereocenters. The van der Waals surface area contributed by atoms with E-state index in [1.165, 1.54) is 25.7 Å². The molecule has 0 bridgehead atoms. The maximum Gasteiger partial charge on any atom is 0.0777 e. The predicted molar refractivity (Wildman–Crippen MR) is 32.0 cm³/mol. The van der Waals surface area contributed by atoms with Crippen LogP contribution in [0.2, 0.25) is 0 Å². The van der Waals surface area contributed by atoms with Gasteiger partial charge in [0.25, 0.3) is 0 Å². The number of hydrogen-bond acceptors (Lipinski definition) is 4. The van der Waals surface area contributed by atoms with Crippen molar-refractivity contribution in [3.8, 4) is 0 Å². The maximum atomic E-state index is 8.60. The monoisotopic (exact) mass is 186 g/mol. The summed E-state index contributed by atoms with van der Waals surface area (Å²) < 4.78 is 32.7. The van der Waals surface area contributed by atoms with Gasteiger partial charge in [-0.1, -0.05) is 39.5 Å². The van der Waals surface area contributed by atoms with Gasteiger partial charge in [0.2, 0.25) is 0 Å². The van der Waals surface area contributed by atoms with Crippen molar-refractivity contribution >= 4 is 0 Å². The minimum Gasteiger partial charge on any atom is -0.183 e. The molecule has 1 N–H and O–H groups in total. The Balaban J connectivity index is 0. The highest BCUT2D eigenvalue weighted by Crippen LogP contribution is 1.95. The average molecular weight is 187 g/mol. The molecule has 0 saturated carbocycles. The second-order valence-electron chi connectivity index (χ2n) is 2.10. The van der Waals surface area contributed by atoms with Gasteiger partial charge in [-0.15, -0.1) is 0 Å². The van der Waals surface area contributed by atoms with Gasteiger partial charge in [-0.25, -0.2) is 0 Å². The predicted octanol–water partition coefficient (Wildman–Crippen LogP) is -1.54. The first kappa shape index (κ1) is 13.7. The highest BCUT2D eigenvalue weighted by molar-refractivity contribution is 4.31. The van der Waals surface area contributed by atoms with Crippen LogP contribution in [0.25, 0.3) is 0 Å². The van der Waals surface area contributed by atoms with Crippen LogP contribution in [-0.4, -0.2) is 4.66 Å². The fraction of sp³-hybridized carbons (Fsp3) is 1.00. The van der Waals surface area contributed by atoms with Gasteiger partial charge in [0, 0.05) is 0 Å². The normalized spacial score (nSPS) is 10.4. The third-order valence-corrected chi connectivity index (χ3v) is 0.957. The Kier molecular flexibility index (Phi) is 10.2. The van der Waals surface area contributed by atoms with Crippen LogP contribution in [0.5, 0.6) is 0 Å². The quantitative estimate of drug-likeness (QED) is 0.541. The number of halogens is 1. The molecule has 0 spiro atoms. The lowest BCUT2D eigenvalue weighted by atomic mass is 10.2. The highest BCUT2D eigenvalue weighted by Gasteiger charge is 1.98. The van der Waals surface area contributed by atoms with Crippen LogP contribution in [0, 0.1) is 10.2 Å². The van der Waals surface area contributed by atoms with Crippen molar-refractivity contribution in [2.75, 3.05) is 0 Å². The van der Waals surface area contributed by atoms with E-state index in [1.54, 1.807) is 0 Å². The standard InChI is InChI=1S/C6H14.ClHO4/c1-3-5-6-4-2;2-1(3,4)5/h3-6H2,1-2H3;(H,2,3,4,5). The first-order valence-corrected chi connectivity index (χ1v) is 4.81. The van der Waals surface area contributed by atoms with Gasteiger partial charge in [-0.3, -0.25) is 0 Å². The molecule has 0 heterocycles. The van der Waals surface area contributed by atoms with Gasteiger partial charge >= 0.3 is 0 Å². The topological polar surface area (TPSA) is 89.4 Å². The molecule has 0 aliphatic heterocycles. The van der Waals surface area contributed by atoms with E-state index in [2.05, 4.69) is 13.8 Å². The summed E-state index contributed by atoms with van der Waals surface area (Å²) in [4.78, 5) is 0. The Bertz CT molecular complexity index is 61.5. The van der Waals surface area contributed by atoms with Crippen molar-refractivity contribution < 1.29 is 28.9 Å². The molecule has 0 aromatic heterocycles. The fourth-order valence-electron chi connectivity index (χ4n) is 0.500. The largest absolute Gasteiger partial charge is 0.183 e. The zero-order valence-corrected chi connectivity index (χ0v) is 7.63. The van der Waals surface area contributed by atoms with Crippen LogP contribution >= 0.6 is 0 Å². The van der Waals surface area contributed by atoms with E-state index in [-0.39, 0.29) is 0 Å². The van der Waals surface area contributed by atoms with Crippen molar-refractivity contribution in [3.63, 3.8) is 0 Å². The van der Waals surface area contributed by atoms with Crippen LogP contribution in [0.15, 0.2) is 0 Å². The summed E-state index contributed by atoms with van der Waals surface area (Å²) in [6, 6.07) is 0. The zero-order chi connectivity index (χ0) is 9.33. The van der Waals surface area contributed by atoms with Gasteiger partial charge in [-0.2, -0.15) is 14.0 Å². The first-order chi connectivity index (χ1) is 4.91. The van der Waals surface area contributed by atoms with Gasteiger partial charge in [-0.05, 0) is 0 Å².